The van der Waals surface area contributed by atoms with Gasteiger partial charge in [-0.2, -0.15) is 0 Å². The highest BCUT2D eigenvalue weighted by Gasteiger charge is 2.59. The quantitative estimate of drug-likeness (QED) is 0.0942. The Hall–Kier alpha value is -0.420. The van der Waals surface area contributed by atoms with Crippen LogP contribution in [0, 0.1) is 46.3 Å². The molecule has 0 unspecified atom stereocenters. The highest BCUT2D eigenvalue weighted by atomic mass is 16.5. The number of allylic oxidation sites excluding steroid dienone is 1. The lowest BCUT2D eigenvalue weighted by molar-refractivity contribution is -0.0643. The SMILES string of the molecule is CCCCCCCCOC[C@H](N)COCCCCO[C@H]1CC[C@@]2(C)C(=CC[C@H]3[C@@H]4CC[C@H]([C@H](C)CCCC(C)C)[C@@]4(C)CC[C@@H]32)C1. The minimum Gasteiger partial charge on any atom is -0.380 e. The molecule has 2 N–H and O–H groups in total. The van der Waals surface area contributed by atoms with Crippen LogP contribution in [0.4, 0.5) is 0 Å². The van der Waals surface area contributed by atoms with Gasteiger partial charge in [-0.25, -0.2) is 0 Å². The lowest BCUT2D eigenvalue weighted by atomic mass is 9.47. The fourth-order valence-corrected chi connectivity index (χ4v) is 10.9. The maximum Gasteiger partial charge on any atom is 0.0640 e. The van der Waals surface area contributed by atoms with E-state index in [0.717, 1.165) is 74.6 Å². The van der Waals surface area contributed by atoms with Gasteiger partial charge in [0, 0.05) is 19.8 Å². The predicted octanol–water partition coefficient (Wildman–Crippen LogP) is 10.9. The van der Waals surface area contributed by atoms with Gasteiger partial charge in [0.15, 0.2) is 0 Å². The van der Waals surface area contributed by atoms with Crippen LogP contribution in [-0.2, 0) is 14.2 Å². The van der Waals surface area contributed by atoms with E-state index >= 15 is 0 Å². The fourth-order valence-electron chi connectivity index (χ4n) is 10.9. The van der Waals surface area contributed by atoms with Gasteiger partial charge in [0.05, 0.1) is 25.4 Å². The van der Waals surface area contributed by atoms with Gasteiger partial charge in [0.1, 0.15) is 0 Å². The minimum atomic E-state index is -0.0209. The van der Waals surface area contributed by atoms with Gasteiger partial charge >= 0.3 is 0 Å². The normalized spacial score (nSPS) is 33.7. The maximum atomic E-state index is 6.48. The van der Waals surface area contributed by atoms with Crippen LogP contribution in [0.5, 0.6) is 0 Å². The molecule has 0 heterocycles. The van der Waals surface area contributed by atoms with Crippen LogP contribution in [0.1, 0.15) is 164 Å². The smallest absolute Gasteiger partial charge is 0.0640 e. The van der Waals surface area contributed by atoms with Crippen molar-refractivity contribution in [2.75, 3.05) is 33.0 Å². The van der Waals surface area contributed by atoms with Gasteiger partial charge in [-0.05, 0) is 117 Å². The van der Waals surface area contributed by atoms with Gasteiger partial charge in [-0.1, -0.05) is 105 Å². The van der Waals surface area contributed by atoms with E-state index in [1.807, 2.05) is 0 Å². The first-order chi connectivity index (χ1) is 22.2. The van der Waals surface area contributed by atoms with Crippen molar-refractivity contribution in [3.63, 3.8) is 0 Å². The number of rotatable bonds is 22. The summed E-state index contributed by atoms with van der Waals surface area (Å²) in [6.07, 6.45) is 28.2. The molecule has 9 atom stereocenters. The molecule has 268 valence electrons. The van der Waals surface area contributed by atoms with Crippen molar-refractivity contribution < 1.29 is 14.2 Å². The fraction of sp³-hybridized carbons (Fsp3) is 0.952. The van der Waals surface area contributed by atoms with Crippen LogP contribution < -0.4 is 5.73 Å². The highest BCUT2D eigenvalue weighted by Crippen LogP contribution is 2.67. The number of hydrogen-bond donors (Lipinski definition) is 1. The Bertz CT molecular complexity index is 888. The number of fused-ring (bicyclic) bond motifs is 5. The third kappa shape index (κ3) is 10.3. The van der Waals surface area contributed by atoms with Gasteiger partial charge in [0.2, 0.25) is 0 Å². The van der Waals surface area contributed by atoms with E-state index in [2.05, 4.69) is 47.6 Å². The van der Waals surface area contributed by atoms with Crippen molar-refractivity contribution in [2.45, 2.75) is 176 Å². The molecule has 0 aromatic heterocycles. The summed E-state index contributed by atoms with van der Waals surface area (Å²) in [4.78, 5) is 0. The van der Waals surface area contributed by atoms with Crippen LogP contribution in [0.15, 0.2) is 11.6 Å². The predicted molar refractivity (Wildman–Crippen MR) is 195 cm³/mol. The Morgan fingerprint density at radius 1 is 0.783 bits per heavy atom. The highest BCUT2D eigenvalue weighted by molar-refractivity contribution is 5.25. The van der Waals surface area contributed by atoms with Gasteiger partial charge < -0.3 is 19.9 Å². The molecule has 4 rings (SSSR count). The molecule has 0 spiro atoms. The topological polar surface area (TPSA) is 53.7 Å². The molecule has 0 radical (unpaired) electrons. The monoisotopic (exact) mass is 644 g/mol. The van der Waals surface area contributed by atoms with E-state index in [4.69, 9.17) is 19.9 Å². The van der Waals surface area contributed by atoms with Crippen molar-refractivity contribution in [3.8, 4) is 0 Å². The summed E-state index contributed by atoms with van der Waals surface area (Å²) >= 11 is 0. The number of ether oxygens (including phenoxy) is 3. The first kappa shape index (κ1) is 38.4. The summed E-state index contributed by atoms with van der Waals surface area (Å²) in [6, 6.07) is -0.0209. The summed E-state index contributed by atoms with van der Waals surface area (Å²) in [5.41, 5.74) is 8.93. The molecule has 4 aliphatic rings. The standard InChI is InChI=1S/C42H77NO3/c1-7-8-9-10-11-12-26-44-30-35(43)31-45-27-13-14-28-46-36-22-24-41(5)34(29-36)18-19-37-39-21-20-38(33(4)17-15-16-32(2)3)42(39,6)25-23-40(37)41/h18,32-33,35-40H,7-17,19-31,43H2,1-6H3/t33-,35+,36+,37+,38-,39+,40+,41+,42-/m1/s1. The van der Waals surface area contributed by atoms with Crippen molar-refractivity contribution in [1.29, 1.82) is 0 Å². The molecule has 0 bridgehead atoms. The zero-order valence-electron chi connectivity index (χ0n) is 31.5. The van der Waals surface area contributed by atoms with Crippen molar-refractivity contribution in [3.05, 3.63) is 11.6 Å². The molecule has 0 aliphatic heterocycles. The first-order valence-electron chi connectivity index (χ1n) is 20.4. The molecule has 4 heteroatoms. The van der Waals surface area contributed by atoms with Crippen LogP contribution >= 0.6 is 0 Å². The zero-order chi connectivity index (χ0) is 33.0. The summed E-state index contributed by atoms with van der Waals surface area (Å²) in [7, 11) is 0. The Kier molecular flexibility index (Phi) is 15.9. The Balaban J connectivity index is 1.10. The summed E-state index contributed by atoms with van der Waals surface area (Å²) in [6.45, 7) is 18.6. The largest absolute Gasteiger partial charge is 0.380 e. The van der Waals surface area contributed by atoms with Crippen LogP contribution in [0.3, 0.4) is 0 Å². The Labute approximate surface area is 286 Å². The third-order valence-electron chi connectivity index (χ3n) is 13.6. The van der Waals surface area contributed by atoms with E-state index in [0.29, 0.717) is 30.1 Å². The molecule has 4 aliphatic carbocycles. The molecule has 3 saturated carbocycles. The van der Waals surface area contributed by atoms with Crippen molar-refractivity contribution >= 4 is 0 Å². The van der Waals surface area contributed by atoms with Crippen molar-refractivity contribution in [2.24, 2.45) is 52.1 Å². The number of nitrogens with two attached hydrogens (primary N) is 1. The summed E-state index contributed by atoms with van der Waals surface area (Å²) < 4.78 is 18.1. The van der Waals surface area contributed by atoms with E-state index in [9.17, 15) is 0 Å². The first-order valence-corrected chi connectivity index (χ1v) is 20.4. The van der Waals surface area contributed by atoms with Gasteiger partial charge in [-0.3, -0.25) is 0 Å². The molecular weight excluding hydrogens is 566 g/mol. The Morgan fingerprint density at radius 3 is 2.22 bits per heavy atom. The molecule has 4 nitrogen and oxygen atoms in total. The molecule has 0 aromatic carbocycles. The van der Waals surface area contributed by atoms with Gasteiger partial charge in [-0.15, -0.1) is 0 Å². The second-order valence-electron chi connectivity index (χ2n) is 17.4. The maximum absolute atomic E-state index is 6.48. The van der Waals surface area contributed by atoms with Crippen LogP contribution in [0.25, 0.3) is 0 Å². The van der Waals surface area contributed by atoms with E-state index < -0.39 is 0 Å². The molecule has 0 aromatic rings. The van der Waals surface area contributed by atoms with Gasteiger partial charge in [0.25, 0.3) is 0 Å². The van der Waals surface area contributed by atoms with E-state index in [-0.39, 0.29) is 6.04 Å². The number of hydrogen-bond acceptors (Lipinski definition) is 4. The molecule has 0 saturated heterocycles. The minimum absolute atomic E-state index is 0.0209. The lowest BCUT2D eigenvalue weighted by Gasteiger charge is -2.58. The Morgan fingerprint density at radius 2 is 1.48 bits per heavy atom. The summed E-state index contributed by atoms with van der Waals surface area (Å²) in [5, 5.41) is 0. The van der Waals surface area contributed by atoms with Crippen molar-refractivity contribution in [1.82, 2.24) is 0 Å². The van der Waals surface area contributed by atoms with E-state index in [1.54, 1.807) is 5.57 Å². The molecule has 3 fully saturated rings. The molecule has 46 heavy (non-hydrogen) atoms. The average Bonchev–Trinajstić information content (AvgIpc) is 3.39. The molecular formula is C42H77NO3. The second-order valence-corrected chi connectivity index (χ2v) is 17.4. The van der Waals surface area contributed by atoms with Crippen LogP contribution in [-0.4, -0.2) is 45.2 Å². The lowest BCUT2D eigenvalue weighted by Crippen LogP contribution is -2.51. The van der Waals surface area contributed by atoms with E-state index in [1.165, 1.54) is 103 Å². The second kappa shape index (κ2) is 19.1. The third-order valence-corrected chi connectivity index (χ3v) is 13.6. The average molecular weight is 644 g/mol. The summed E-state index contributed by atoms with van der Waals surface area (Å²) in [5.74, 6) is 5.44. The number of unbranched alkanes of at least 4 members (excludes halogenated alkanes) is 6. The van der Waals surface area contributed by atoms with Crippen LogP contribution in [0.2, 0.25) is 0 Å². The molecule has 0 amide bonds. The zero-order valence-corrected chi connectivity index (χ0v) is 31.5.